The third-order valence-electron chi connectivity index (χ3n) is 6.88. The fourth-order valence-electron chi connectivity index (χ4n) is 4.36. The minimum Gasteiger partial charge on any atom is -0.480 e. The molecule has 0 aromatic rings. The van der Waals surface area contributed by atoms with Crippen LogP contribution in [0.1, 0.15) is 118 Å². The first-order chi connectivity index (χ1) is 18.1. The van der Waals surface area contributed by atoms with Crippen LogP contribution in [0.2, 0.25) is 0 Å². The quantitative estimate of drug-likeness (QED) is 0.0966. The van der Waals surface area contributed by atoms with Crippen LogP contribution >= 0.6 is 0 Å². The first-order valence-corrected chi connectivity index (χ1v) is 15.1. The molecule has 4 atom stereocenters. The van der Waals surface area contributed by atoms with Gasteiger partial charge < -0.3 is 32.1 Å². The molecule has 0 radical (unpaired) electrons. The molecule has 0 bridgehead atoms. The zero-order valence-electron chi connectivity index (χ0n) is 24.9. The van der Waals surface area contributed by atoms with Gasteiger partial charge >= 0.3 is 5.97 Å². The third kappa shape index (κ3) is 21.2. The largest absolute Gasteiger partial charge is 0.480 e. The number of carbonyl (C=O) groups excluding carboxylic acids is 2. The van der Waals surface area contributed by atoms with E-state index in [4.69, 9.17) is 5.73 Å². The van der Waals surface area contributed by atoms with Crippen molar-refractivity contribution in [1.82, 2.24) is 21.3 Å². The Morgan fingerprint density at radius 2 is 1.39 bits per heavy atom. The normalized spacial score (nSPS) is 14.6. The van der Waals surface area contributed by atoms with Crippen LogP contribution in [-0.2, 0) is 14.4 Å². The zero-order valence-corrected chi connectivity index (χ0v) is 24.9. The average molecular weight is 542 g/mol. The highest BCUT2D eigenvalue weighted by Crippen LogP contribution is 2.15. The van der Waals surface area contributed by atoms with Gasteiger partial charge in [-0.2, -0.15) is 0 Å². The maximum Gasteiger partial charge on any atom is 0.320 e. The van der Waals surface area contributed by atoms with E-state index in [0.717, 1.165) is 77.3 Å². The SMILES string of the molecule is CCCCCNC(=O)[C@H](N)CCCCNC(C)CCC(C)CCCCNC(=O)CC[C@@H](NC(C)C)C(=O)O. The second-order valence-corrected chi connectivity index (χ2v) is 11.2. The van der Waals surface area contributed by atoms with E-state index in [1.807, 2.05) is 13.8 Å². The van der Waals surface area contributed by atoms with Crippen molar-refractivity contribution in [3.63, 3.8) is 0 Å². The second-order valence-electron chi connectivity index (χ2n) is 11.2. The van der Waals surface area contributed by atoms with Crippen LogP contribution in [0, 0.1) is 5.92 Å². The lowest BCUT2D eigenvalue weighted by atomic mass is 9.96. The Hall–Kier alpha value is -1.71. The number of rotatable bonds is 25. The number of carboxylic acids is 1. The number of hydrogen-bond donors (Lipinski definition) is 6. The Morgan fingerprint density at radius 3 is 2.05 bits per heavy atom. The maximum atomic E-state index is 12.0. The molecule has 0 heterocycles. The van der Waals surface area contributed by atoms with E-state index >= 15 is 0 Å². The van der Waals surface area contributed by atoms with E-state index in [2.05, 4.69) is 42.0 Å². The van der Waals surface area contributed by atoms with Crippen molar-refractivity contribution in [3.8, 4) is 0 Å². The number of carbonyl (C=O) groups is 3. The summed E-state index contributed by atoms with van der Waals surface area (Å²) >= 11 is 0. The van der Waals surface area contributed by atoms with Gasteiger partial charge in [0.25, 0.3) is 0 Å². The van der Waals surface area contributed by atoms with Gasteiger partial charge in [0.05, 0.1) is 6.04 Å². The Labute approximate surface area is 232 Å². The molecule has 224 valence electrons. The molecule has 2 unspecified atom stereocenters. The number of nitrogens with one attached hydrogen (secondary N) is 4. The molecule has 0 aliphatic heterocycles. The first-order valence-electron chi connectivity index (χ1n) is 15.1. The molecule has 0 saturated carbocycles. The minimum absolute atomic E-state index is 0.0256. The van der Waals surface area contributed by atoms with Gasteiger partial charge in [0, 0.05) is 31.6 Å². The van der Waals surface area contributed by atoms with E-state index in [9.17, 15) is 19.5 Å². The van der Waals surface area contributed by atoms with Crippen LogP contribution in [0.15, 0.2) is 0 Å². The highest BCUT2D eigenvalue weighted by molar-refractivity contribution is 5.81. The van der Waals surface area contributed by atoms with Crippen molar-refractivity contribution in [2.75, 3.05) is 19.6 Å². The molecule has 9 nitrogen and oxygen atoms in total. The van der Waals surface area contributed by atoms with E-state index in [0.29, 0.717) is 24.9 Å². The Bertz CT molecular complexity index is 632. The number of carboxylic acid groups (broad SMARTS) is 1. The molecule has 0 aliphatic rings. The number of unbranched alkanes of at least 4 members (excludes halogenated alkanes) is 4. The molecule has 0 aromatic heterocycles. The maximum absolute atomic E-state index is 12.0. The Kier molecular flexibility index (Phi) is 22.2. The lowest BCUT2D eigenvalue weighted by Gasteiger charge is -2.18. The monoisotopic (exact) mass is 541 g/mol. The van der Waals surface area contributed by atoms with Gasteiger partial charge in [0.2, 0.25) is 11.8 Å². The lowest BCUT2D eigenvalue weighted by Crippen LogP contribution is -2.41. The van der Waals surface area contributed by atoms with Crippen molar-refractivity contribution in [1.29, 1.82) is 0 Å². The van der Waals surface area contributed by atoms with Crippen molar-refractivity contribution in [2.45, 2.75) is 142 Å². The molecular weight excluding hydrogens is 482 g/mol. The Balaban J connectivity index is 3.74. The van der Waals surface area contributed by atoms with Crippen LogP contribution in [0.25, 0.3) is 0 Å². The summed E-state index contributed by atoms with van der Waals surface area (Å²) in [5, 5.41) is 21.6. The number of aliphatic carboxylic acids is 1. The van der Waals surface area contributed by atoms with Crippen LogP contribution in [-0.4, -0.2) is 66.7 Å². The average Bonchev–Trinajstić information content (AvgIpc) is 2.86. The van der Waals surface area contributed by atoms with Crippen LogP contribution in [0.3, 0.4) is 0 Å². The molecule has 0 saturated heterocycles. The second kappa shape index (κ2) is 23.2. The van der Waals surface area contributed by atoms with Crippen molar-refractivity contribution in [2.24, 2.45) is 11.7 Å². The van der Waals surface area contributed by atoms with Crippen molar-refractivity contribution < 1.29 is 19.5 Å². The molecule has 0 aromatic carbocycles. The van der Waals surface area contributed by atoms with Gasteiger partial charge in [-0.05, 0) is 64.3 Å². The number of amides is 2. The topological polar surface area (TPSA) is 146 Å². The van der Waals surface area contributed by atoms with Gasteiger partial charge in [-0.1, -0.05) is 59.8 Å². The van der Waals surface area contributed by atoms with Gasteiger partial charge in [-0.15, -0.1) is 0 Å². The van der Waals surface area contributed by atoms with Crippen LogP contribution in [0.5, 0.6) is 0 Å². The summed E-state index contributed by atoms with van der Waals surface area (Å²) in [5.41, 5.74) is 6.00. The first kappa shape index (κ1) is 36.3. The highest BCUT2D eigenvalue weighted by Gasteiger charge is 2.19. The smallest absolute Gasteiger partial charge is 0.320 e. The summed E-state index contributed by atoms with van der Waals surface area (Å²) in [7, 11) is 0. The van der Waals surface area contributed by atoms with E-state index in [1.54, 1.807) is 0 Å². The molecule has 0 spiro atoms. The molecule has 0 rings (SSSR count). The highest BCUT2D eigenvalue weighted by atomic mass is 16.4. The molecule has 0 fully saturated rings. The van der Waals surface area contributed by atoms with Crippen LogP contribution < -0.4 is 27.0 Å². The number of hydrogen-bond acceptors (Lipinski definition) is 6. The van der Waals surface area contributed by atoms with Crippen LogP contribution in [0.4, 0.5) is 0 Å². The summed E-state index contributed by atoms with van der Waals surface area (Å²) in [6.07, 6.45) is 12.0. The van der Waals surface area contributed by atoms with E-state index in [-0.39, 0.29) is 24.3 Å². The fraction of sp³-hybridized carbons (Fsp3) is 0.897. The minimum atomic E-state index is -0.913. The van der Waals surface area contributed by atoms with Crippen molar-refractivity contribution in [3.05, 3.63) is 0 Å². The van der Waals surface area contributed by atoms with Crippen molar-refractivity contribution >= 4 is 17.8 Å². The molecule has 2 amide bonds. The van der Waals surface area contributed by atoms with Gasteiger partial charge in [0.1, 0.15) is 6.04 Å². The molecule has 38 heavy (non-hydrogen) atoms. The summed E-state index contributed by atoms with van der Waals surface area (Å²) in [5.74, 6) is -0.379. The third-order valence-corrected chi connectivity index (χ3v) is 6.88. The Morgan fingerprint density at radius 1 is 0.763 bits per heavy atom. The molecular formula is C29H59N5O4. The molecule has 7 N–H and O–H groups in total. The van der Waals surface area contributed by atoms with Gasteiger partial charge in [-0.25, -0.2) is 0 Å². The summed E-state index contributed by atoms with van der Waals surface area (Å²) < 4.78 is 0. The van der Waals surface area contributed by atoms with E-state index in [1.165, 1.54) is 6.42 Å². The molecule has 0 aliphatic carbocycles. The summed E-state index contributed by atoms with van der Waals surface area (Å²) in [4.78, 5) is 35.2. The molecule has 9 heteroatoms. The van der Waals surface area contributed by atoms with Gasteiger partial charge in [-0.3, -0.25) is 14.4 Å². The van der Waals surface area contributed by atoms with E-state index < -0.39 is 18.1 Å². The predicted octanol–water partition coefficient (Wildman–Crippen LogP) is 3.70. The summed E-state index contributed by atoms with van der Waals surface area (Å²) in [6, 6.07) is -0.559. The fourth-order valence-corrected chi connectivity index (χ4v) is 4.36. The summed E-state index contributed by atoms with van der Waals surface area (Å²) in [6.45, 7) is 12.8. The lowest BCUT2D eigenvalue weighted by molar-refractivity contribution is -0.140. The number of nitrogens with two attached hydrogens (primary N) is 1. The zero-order chi connectivity index (χ0) is 28.8. The standard InChI is InChI=1S/C29H59N5O4/c1-6-7-10-21-33-28(36)25(30)14-9-12-19-31-24(5)16-15-23(4)13-8-11-20-32-27(35)18-17-26(29(37)38)34-22(2)3/h22-26,31,34H,6-21,30H2,1-5H3,(H,32,35)(H,33,36)(H,37,38)/t23?,24?,25-,26-/m1/s1. The van der Waals surface area contributed by atoms with Gasteiger partial charge in [0.15, 0.2) is 0 Å². The predicted molar refractivity (Wildman–Crippen MR) is 156 cm³/mol.